The molecule has 2 saturated heterocycles. The van der Waals surface area contributed by atoms with Crippen LogP contribution in [0.15, 0.2) is 12.4 Å². The molecular weight excluding hydrogens is 282 g/mol. The van der Waals surface area contributed by atoms with Crippen LogP contribution >= 0.6 is 0 Å². The van der Waals surface area contributed by atoms with Crippen LogP contribution < -0.4 is 9.64 Å². The lowest BCUT2D eigenvalue weighted by Crippen LogP contribution is -2.38. The van der Waals surface area contributed by atoms with Crippen LogP contribution in [0.25, 0.3) is 0 Å². The smallest absolute Gasteiger partial charge is 0.319 e. The summed E-state index contributed by atoms with van der Waals surface area (Å²) < 4.78 is 5.95. The van der Waals surface area contributed by atoms with Gasteiger partial charge in [-0.1, -0.05) is 0 Å². The number of ether oxygens (including phenoxy) is 1. The summed E-state index contributed by atoms with van der Waals surface area (Å²) in [5.74, 6) is 1.53. The first kappa shape index (κ1) is 14.9. The highest BCUT2D eigenvalue weighted by Crippen LogP contribution is 2.22. The monoisotopic (exact) mass is 305 g/mol. The van der Waals surface area contributed by atoms with E-state index in [1.165, 1.54) is 12.8 Å². The number of hydrogen-bond donors (Lipinski definition) is 0. The third-order valence-corrected chi connectivity index (χ3v) is 4.14. The van der Waals surface area contributed by atoms with E-state index in [-0.39, 0.29) is 12.1 Å². The summed E-state index contributed by atoms with van der Waals surface area (Å²) in [6.07, 6.45) is 4.82. The number of nitrogens with zero attached hydrogens (tertiary/aromatic N) is 5. The van der Waals surface area contributed by atoms with E-state index in [4.69, 9.17) is 4.74 Å². The van der Waals surface area contributed by atoms with Gasteiger partial charge in [-0.25, -0.2) is 14.8 Å². The second-order valence-electron chi connectivity index (χ2n) is 6.06. The standard InChI is InChI=1S/C15H23N5O2/c1-18(2)15(21)20-8-5-12(10-20)22-14-9-13(16-11-17-14)19-6-3-4-7-19/h9,11-12H,3-8,10H2,1-2H3. The van der Waals surface area contributed by atoms with Gasteiger partial charge in [-0.15, -0.1) is 0 Å². The van der Waals surface area contributed by atoms with Crippen molar-refractivity contribution in [3.63, 3.8) is 0 Å². The Morgan fingerprint density at radius 1 is 1.27 bits per heavy atom. The van der Waals surface area contributed by atoms with Crippen molar-refractivity contribution < 1.29 is 9.53 Å². The van der Waals surface area contributed by atoms with Gasteiger partial charge in [0.2, 0.25) is 5.88 Å². The highest BCUT2D eigenvalue weighted by molar-refractivity contribution is 5.74. The van der Waals surface area contributed by atoms with Crippen LogP contribution in [0.5, 0.6) is 5.88 Å². The Labute approximate surface area is 130 Å². The summed E-state index contributed by atoms with van der Waals surface area (Å²) in [6.45, 7) is 3.43. The number of amides is 2. The lowest BCUT2D eigenvalue weighted by Gasteiger charge is -2.21. The molecule has 7 heteroatoms. The average Bonchev–Trinajstić information content (AvgIpc) is 3.18. The zero-order valence-corrected chi connectivity index (χ0v) is 13.2. The summed E-state index contributed by atoms with van der Waals surface area (Å²) in [5, 5.41) is 0. The molecule has 0 saturated carbocycles. The molecule has 0 radical (unpaired) electrons. The van der Waals surface area contributed by atoms with Crippen molar-refractivity contribution in [3.8, 4) is 5.88 Å². The molecule has 1 unspecified atom stereocenters. The van der Waals surface area contributed by atoms with E-state index in [0.29, 0.717) is 12.4 Å². The second-order valence-corrected chi connectivity index (χ2v) is 6.06. The SMILES string of the molecule is CN(C)C(=O)N1CCC(Oc2cc(N3CCCC3)ncn2)C1. The van der Waals surface area contributed by atoms with Gasteiger partial charge in [0, 0.05) is 46.2 Å². The van der Waals surface area contributed by atoms with Gasteiger partial charge in [-0.2, -0.15) is 0 Å². The summed E-state index contributed by atoms with van der Waals surface area (Å²) in [6, 6.07) is 1.94. The summed E-state index contributed by atoms with van der Waals surface area (Å²) >= 11 is 0. The van der Waals surface area contributed by atoms with Crippen molar-refractivity contribution in [2.75, 3.05) is 45.2 Å². The Balaban J connectivity index is 1.59. The molecule has 2 amide bonds. The van der Waals surface area contributed by atoms with Crippen molar-refractivity contribution in [2.45, 2.75) is 25.4 Å². The van der Waals surface area contributed by atoms with Gasteiger partial charge in [0.05, 0.1) is 6.54 Å². The molecule has 7 nitrogen and oxygen atoms in total. The first-order valence-corrected chi connectivity index (χ1v) is 7.83. The van der Waals surface area contributed by atoms with E-state index in [0.717, 1.165) is 31.9 Å². The van der Waals surface area contributed by atoms with Crippen LogP contribution in [0.1, 0.15) is 19.3 Å². The van der Waals surface area contributed by atoms with Gasteiger partial charge in [-0.3, -0.25) is 0 Å². The lowest BCUT2D eigenvalue weighted by atomic mass is 10.3. The number of likely N-dealkylation sites (tertiary alicyclic amines) is 1. The molecule has 0 aromatic carbocycles. The molecule has 120 valence electrons. The Hall–Kier alpha value is -2.05. The number of anilines is 1. The molecule has 0 bridgehead atoms. The Bertz CT molecular complexity index is 530. The first-order valence-electron chi connectivity index (χ1n) is 7.83. The van der Waals surface area contributed by atoms with Gasteiger partial charge in [0.15, 0.2) is 0 Å². The van der Waals surface area contributed by atoms with E-state index < -0.39 is 0 Å². The third kappa shape index (κ3) is 3.23. The van der Waals surface area contributed by atoms with Gasteiger partial charge < -0.3 is 19.4 Å². The number of hydrogen-bond acceptors (Lipinski definition) is 5. The van der Waals surface area contributed by atoms with Crippen LogP contribution in [-0.4, -0.2) is 72.2 Å². The minimum absolute atomic E-state index is 0.00484. The maximum Gasteiger partial charge on any atom is 0.319 e. The van der Waals surface area contributed by atoms with Crippen LogP contribution in [0.3, 0.4) is 0 Å². The highest BCUT2D eigenvalue weighted by Gasteiger charge is 2.29. The zero-order chi connectivity index (χ0) is 15.5. The Morgan fingerprint density at radius 3 is 2.77 bits per heavy atom. The number of urea groups is 1. The molecule has 1 aromatic heterocycles. The second kappa shape index (κ2) is 6.37. The fraction of sp³-hybridized carbons (Fsp3) is 0.667. The molecular formula is C15H23N5O2. The van der Waals surface area contributed by atoms with E-state index in [2.05, 4.69) is 14.9 Å². The fourth-order valence-corrected chi connectivity index (χ4v) is 2.97. The van der Waals surface area contributed by atoms with Gasteiger partial charge in [0.25, 0.3) is 0 Å². The van der Waals surface area contributed by atoms with Crippen LogP contribution in [-0.2, 0) is 0 Å². The molecule has 2 aliphatic heterocycles. The third-order valence-electron chi connectivity index (χ3n) is 4.14. The summed E-state index contributed by atoms with van der Waals surface area (Å²) in [4.78, 5) is 26.1. The van der Waals surface area contributed by atoms with Crippen molar-refractivity contribution in [1.82, 2.24) is 19.8 Å². The minimum Gasteiger partial charge on any atom is -0.472 e. The Kier molecular flexibility index (Phi) is 4.31. The molecule has 0 spiro atoms. The number of rotatable bonds is 3. The van der Waals surface area contributed by atoms with Crippen molar-refractivity contribution >= 4 is 11.8 Å². The molecule has 3 heterocycles. The molecule has 1 atom stereocenters. The van der Waals surface area contributed by atoms with Crippen molar-refractivity contribution in [1.29, 1.82) is 0 Å². The predicted octanol–water partition coefficient (Wildman–Crippen LogP) is 1.21. The maximum atomic E-state index is 11.9. The highest BCUT2D eigenvalue weighted by atomic mass is 16.5. The van der Waals surface area contributed by atoms with E-state index in [1.54, 1.807) is 25.3 Å². The number of carbonyl (C=O) groups excluding carboxylic acids is 1. The first-order chi connectivity index (χ1) is 10.6. The number of aromatic nitrogens is 2. The Morgan fingerprint density at radius 2 is 2.05 bits per heavy atom. The molecule has 2 fully saturated rings. The predicted molar refractivity (Wildman–Crippen MR) is 83.2 cm³/mol. The molecule has 3 rings (SSSR count). The average molecular weight is 305 g/mol. The summed E-state index contributed by atoms with van der Waals surface area (Å²) in [5.41, 5.74) is 0. The van der Waals surface area contributed by atoms with E-state index >= 15 is 0 Å². The molecule has 2 aliphatic rings. The minimum atomic E-state index is 0.00484. The lowest BCUT2D eigenvalue weighted by molar-refractivity contribution is 0.165. The van der Waals surface area contributed by atoms with Crippen molar-refractivity contribution in [2.24, 2.45) is 0 Å². The fourth-order valence-electron chi connectivity index (χ4n) is 2.97. The topological polar surface area (TPSA) is 61.8 Å². The van der Waals surface area contributed by atoms with E-state index in [1.807, 2.05) is 11.0 Å². The van der Waals surface area contributed by atoms with Gasteiger partial charge in [0.1, 0.15) is 18.2 Å². The maximum absolute atomic E-state index is 11.9. The quantitative estimate of drug-likeness (QED) is 0.840. The normalized spacial score (nSPS) is 21.3. The zero-order valence-electron chi connectivity index (χ0n) is 13.2. The molecule has 0 N–H and O–H groups in total. The summed E-state index contributed by atoms with van der Waals surface area (Å²) in [7, 11) is 3.53. The van der Waals surface area contributed by atoms with Gasteiger partial charge >= 0.3 is 6.03 Å². The largest absolute Gasteiger partial charge is 0.472 e. The van der Waals surface area contributed by atoms with Crippen LogP contribution in [0.4, 0.5) is 10.6 Å². The number of carbonyl (C=O) groups is 1. The molecule has 1 aromatic rings. The molecule has 22 heavy (non-hydrogen) atoms. The van der Waals surface area contributed by atoms with Crippen LogP contribution in [0.2, 0.25) is 0 Å². The van der Waals surface area contributed by atoms with Gasteiger partial charge in [-0.05, 0) is 12.8 Å². The van der Waals surface area contributed by atoms with Crippen molar-refractivity contribution in [3.05, 3.63) is 12.4 Å². The van der Waals surface area contributed by atoms with E-state index in [9.17, 15) is 4.79 Å². The van der Waals surface area contributed by atoms with Crippen LogP contribution in [0, 0.1) is 0 Å². The molecule has 0 aliphatic carbocycles.